The Labute approximate surface area is 87.3 Å². The van der Waals surface area contributed by atoms with Gasteiger partial charge in [0.25, 0.3) is 0 Å². The number of aliphatic hydroxyl groups excluding tert-OH is 1. The molecule has 5 heteroatoms. The van der Waals surface area contributed by atoms with Crippen LogP contribution >= 0.6 is 0 Å². The average Bonchev–Trinajstić information content (AvgIpc) is 2.26. The molecule has 0 aliphatic carbocycles. The monoisotopic (exact) mass is 211 g/mol. The van der Waals surface area contributed by atoms with Gasteiger partial charge in [-0.3, -0.25) is 0 Å². The highest BCUT2D eigenvalue weighted by Crippen LogP contribution is 2.15. The van der Waals surface area contributed by atoms with Crippen molar-refractivity contribution < 1.29 is 19.7 Å². The lowest BCUT2D eigenvalue weighted by Crippen LogP contribution is -2.36. The van der Waals surface area contributed by atoms with E-state index in [4.69, 9.17) is 10.2 Å². The largest absolute Gasteiger partial charge is 0.453 e. The van der Waals surface area contributed by atoms with E-state index in [0.29, 0.717) is 5.56 Å². The van der Waals surface area contributed by atoms with Crippen molar-refractivity contribution in [1.82, 2.24) is 5.32 Å². The van der Waals surface area contributed by atoms with Crippen LogP contribution in [0, 0.1) is 0 Å². The Bertz CT molecular complexity index is 312. The predicted molar refractivity (Wildman–Crippen MR) is 52.9 cm³/mol. The summed E-state index contributed by atoms with van der Waals surface area (Å²) in [6.45, 7) is 0. The van der Waals surface area contributed by atoms with E-state index in [9.17, 15) is 4.79 Å². The highest BCUT2D eigenvalue weighted by Gasteiger charge is 2.20. The summed E-state index contributed by atoms with van der Waals surface area (Å²) in [6, 6.07) is 7.74. The summed E-state index contributed by atoms with van der Waals surface area (Å²) in [7, 11) is 1.21. The molecule has 0 saturated carbocycles. The van der Waals surface area contributed by atoms with Crippen molar-refractivity contribution in [3.05, 3.63) is 35.9 Å². The van der Waals surface area contributed by atoms with Gasteiger partial charge in [-0.2, -0.15) is 0 Å². The van der Waals surface area contributed by atoms with Crippen LogP contribution in [0.1, 0.15) is 11.6 Å². The molecule has 0 bridgehead atoms. The van der Waals surface area contributed by atoms with Gasteiger partial charge in [-0.15, -0.1) is 0 Å². The molecule has 0 aliphatic heterocycles. The van der Waals surface area contributed by atoms with Crippen LogP contribution in [0.25, 0.3) is 0 Å². The number of amides is 1. The van der Waals surface area contributed by atoms with E-state index in [1.54, 1.807) is 30.3 Å². The van der Waals surface area contributed by atoms with Gasteiger partial charge in [0.1, 0.15) is 6.04 Å². The molecule has 3 N–H and O–H groups in total. The number of hydrogen-bond donors (Lipinski definition) is 3. The molecular formula is C10H13NO4. The van der Waals surface area contributed by atoms with E-state index in [1.807, 2.05) is 0 Å². The van der Waals surface area contributed by atoms with Gasteiger partial charge in [-0.1, -0.05) is 30.3 Å². The smallest absolute Gasteiger partial charge is 0.407 e. The van der Waals surface area contributed by atoms with Crippen molar-refractivity contribution in [2.75, 3.05) is 7.11 Å². The second-order valence-corrected chi connectivity index (χ2v) is 2.94. The fourth-order valence-corrected chi connectivity index (χ4v) is 1.18. The molecule has 1 amide bonds. The van der Waals surface area contributed by atoms with Crippen molar-refractivity contribution in [3.63, 3.8) is 0 Å². The van der Waals surface area contributed by atoms with Crippen molar-refractivity contribution >= 4 is 6.09 Å². The second kappa shape index (κ2) is 5.33. The summed E-state index contributed by atoms with van der Waals surface area (Å²) >= 11 is 0. The summed E-state index contributed by atoms with van der Waals surface area (Å²) in [5, 5.41) is 20.5. The van der Waals surface area contributed by atoms with Gasteiger partial charge in [0.05, 0.1) is 7.11 Å². The molecule has 0 unspecified atom stereocenters. The number of alkyl carbamates (subject to hydrolysis) is 1. The third-order valence-corrected chi connectivity index (χ3v) is 1.92. The Morgan fingerprint density at radius 2 is 1.93 bits per heavy atom. The summed E-state index contributed by atoms with van der Waals surface area (Å²) in [4.78, 5) is 10.9. The number of hydrogen-bond acceptors (Lipinski definition) is 4. The molecule has 82 valence electrons. The number of carbonyl (C=O) groups is 1. The minimum absolute atomic E-state index is 0.595. The van der Waals surface area contributed by atoms with Crippen LogP contribution in [0.2, 0.25) is 0 Å². The quantitative estimate of drug-likeness (QED) is 0.632. The maximum Gasteiger partial charge on any atom is 0.407 e. The van der Waals surface area contributed by atoms with Crippen LogP contribution in [0.4, 0.5) is 4.79 Å². The molecule has 0 fully saturated rings. The van der Waals surface area contributed by atoms with Crippen LogP contribution < -0.4 is 5.32 Å². The zero-order valence-electron chi connectivity index (χ0n) is 8.25. The van der Waals surface area contributed by atoms with Gasteiger partial charge >= 0.3 is 6.09 Å². The molecule has 0 aliphatic rings. The summed E-state index contributed by atoms with van der Waals surface area (Å²) in [6.07, 6.45) is -2.39. The second-order valence-electron chi connectivity index (χ2n) is 2.94. The lowest BCUT2D eigenvalue weighted by molar-refractivity contribution is -0.0668. The highest BCUT2D eigenvalue weighted by molar-refractivity contribution is 5.67. The molecule has 0 radical (unpaired) electrons. The molecule has 1 rings (SSSR count). The van der Waals surface area contributed by atoms with Gasteiger partial charge in [0.15, 0.2) is 6.29 Å². The van der Waals surface area contributed by atoms with E-state index >= 15 is 0 Å². The van der Waals surface area contributed by atoms with Crippen molar-refractivity contribution in [2.24, 2.45) is 0 Å². The van der Waals surface area contributed by atoms with Crippen LogP contribution in [-0.4, -0.2) is 29.7 Å². The Morgan fingerprint density at radius 3 is 2.40 bits per heavy atom. The van der Waals surface area contributed by atoms with Crippen LogP contribution in [-0.2, 0) is 4.74 Å². The molecule has 1 aromatic carbocycles. The fraction of sp³-hybridized carbons (Fsp3) is 0.300. The first kappa shape index (κ1) is 11.5. The molecule has 0 heterocycles. The highest BCUT2D eigenvalue weighted by atomic mass is 16.5. The van der Waals surface area contributed by atoms with Crippen LogP contribution in [0.5, 0.6) is 0 Å². The number of ether oxygens (including phenoxy) is 1. The Kier molecular flexibility index (Phi) is 4.08. The normalized spacial score (nSPS) is 12.3. The van der Waals surface area contributed by atoms with Crippen molar-refractivity contribution in [3.8, 4) is 0 Å². The van der Waals surface area contributed by atoms with E-state index < -0.39 is 18.4 Å². The first-order valence-electron chi connectivity index (χ1n) is 4.40. The molecule has 0 saturated heterocycles. The molecule has 0 spiro atoms. The van der Waals surface area contributed by atoms with E-state index in [1.165, 1.54) is 7.11 Å². The van der Waals surface area contributed by atoms with Gasteiger partial charge < -0.3 is 20.3 Å². The van der Waals surface area contributed by atoms with Gasteiger partial charge in [0.2, 0.25) is 0 Å². The minimum Gasteiger partial charge on any atom is -0.453 e. The third-order valence-electron chi connectivity index (χ3n) is 1.92. The molecule has 1 aromatic rings. The lowest BCUT2D eigenvalue weighted by atomic mass is 10.1. The Morgan fingerprint density at radius 1 is 1.33 bits per heavy atom. The topological polar surface area (TPSA) is 78.8 Å². The number of rotatable bonds is 3. The lowest BCUT2D eigenvalue weighted by Gasteiger charge is -2.19. The Hall–Kier alpha value is -1.59. The van der Waals surface area contributed by atoms with E-state index in [2.05, 4.69) is 10.1 Å². The zero-order chi connectivity index (χ0) is 11.3. The summed E-state index contributed by atoms with van der Waals surface area (Å²) < 4.78 is 4.38. The number of carbonyl (C=O) groups excluding carboxylic acids is 1. The molecule has 0 aromatic heterocycles. The minimum atomic E-state index is -1.67. The molecule has 15 heavy (non-hydrogen) atoms. The third kappa shape index (κ3) is 3.23. The van der Waals surface area contributed by atoms with Gasteiger partial charge in [-0.25, -0.2) is 4.79 Å². The number of aliphatic hydroxyl groups is 2. The van der Waals surface area contributed by atoms with Crippen molar-refractivity contribution in [1.29, 1.82) is 0 Å². The predicted octanol–water partition coefficient (Wildman–Crippen LogP) is 0.394. The van der Waals surface area contributed by atoms with Crippen LogP contribution in [0.15, 0.2) is 30.3 Å². The van der Waals surface area contributed by atoms with E-state index in [-0.39, 0.29) is 0 Å². The standard InChI is InChI=1S/C10H13NO4/c1-15-10(14)11-8(9(12)13)7-5-3-2-4-6-7/h2-6,8-9,12-13H,1H3,(H,11,14)/t8-/m0/s1. The average molecular weight is 211 g/mol. The van der Waals surface area contributed by atoms with Crippen molar-refractivity contribution in [2.45, 2.75) is 12.3 Å². The number of methoxy groups -OCH3 is 1. The number of nitrogens with one attached hydrogen (secondary N) is 1. The molecule has 1 atom stereocenters. The van der Waals surface area contributed by atoms with Gasteiger partial charge in [0, 0.05) is 0 Å². The van der Waals surface area contributed by atoms with E-state index in [0.717, 1.165) is 0 Å². The zero-order valence-corrected chi connectivity index (χ0v) is 8.25. The fourth-order valence-electron chi connectivity index (χ4n) is 1.18. The number of benzene rings is 1. The first-order chi connectivity index (χ1) is 7.15. The van der Waals surface area contributed by atoms with Gasteiger partial charge in [-0.05, 0) is 5.56 Å². The maximum absolute atomic E-state index is 10.9. The summed E-state index contributed by atoms with van der Waals surface area (Å²) in [5.74, 6) is 0. The SMILES string of the molecule is COC(=O)N[C@@H](c1ccccc1)C(O)O. The molecular weight excluding hydrogens is 198 g/mol. The van der Waals surface area contributed by atoms with Crippen LogP contribution in [0.3, 0.4) is 0 Å². The summed E-state index contributed by atoms with van der Waals surface area (Å²) in [5.41, 5.74) is 0.595. The maximum atomic E-state index is 10.9. The first-order valence-corrected chi connectivity index (χ1v) is 4.40. The Balaban J connectivity index is 2.79. The molecule has 5 nitrogen and oxygen atoms in total.